The molecule has 0 N–H and O–H groups in total. The minimum atomic E-state index is -3.02. The Morgan fingerprint density at radius 2 is 1.91 bits per heavy atom. The molecule has 120 valence electrons. The van der Waals surface area contributed by atoms with Gasteiger partial charge in [-0.25, -0.2) is 8.42 Å². The molecule has 0 saturated carbocycles. The number of hydrogen-bond donors (Lipinski definition) is 0. The van der Waals surface area contributed by atoms with E-state index in [-0.39, 0.29) is 29.4 Å². The van der Waals surface area contributed by atoms with E-state index in [0.29, 0.717) is 31.0 Å². The standard InChI is InChI=1S/C15H19NO5S/c1-20-13-4-2-3-5-14(13)21-12-8-16(9-12)15(17)11-6-7-22(18,19)10-11/h2-5,11-12H,6-10H2,1H3/t11-/m1/s1. The van der Waals surface area contributed by atoms with E-state index in [4.69, 9.17) is 9.47 Å². The maximum absolute atomic E-state index is 12.2. The molecule has 0 aromatic heterocycles. The van der Waals surface area contributed by atoms with Crippen LogP contribution in [0.1, 0.15) is 6.42 Å². The van der Waals surface area contributed by atoms with Gasteiger partial charge in [-0.15, -0.1) is 0 Å². The molecule has 1 aromatic carbocycles. The van der Waals surface area contributed by atoms with Crippen LogP contribution in [-0.4, -0.2) is 57.0 Å². The number of carbonyl (C=O) groups is 1. The second-order valence-corrected chi connectivity index (χ2v) is 7.96. The zero-order valence-corrected chi connectivity index (χ0v) is 13.2. The van der Waals surface area contributed by atoms with Crippen LogP contribution in [0.2, 0.25) is 0 Å². The first-order chi connectivity index (χ1) is 10.5. The number of carbonyl (C=O) groups excluding carboxylic acids is 1. The summed E-state index contributed by atoms with van der Waals surface area (Å²) in [6, 6.07) is 7.37. The Bertz CT molecular complexity index is 666. The van der Waals surface area contributed by atoms with E-state index in [0.717, 1.165) is 0 Å². The highest BCUT2D eigenvalue weighted by Gasteiger charge is 2.40. The second kappa shape index (κ2) is 5.79. The number of hydrogen-bond acceptors (Lipinski definition) is 5. The Labute approximate surface area is 129 Å². The molecule has 0 radical (unpaired) electrons. The largest absolute Gasteiger partial charge is 0.493 e. The molecule has 0 spiro atoms. The van der Waals surface area contributed by atoms with Crippen LogP contribution in [0.5, 0.6) is 11.5 Å². The van der Waals surface area contributed by atoms with Gasteiger partial charge in [0, 0.05) is 0 Å². The molecule has 2 fully saturated rings. The van der Waals surface area contributed by atoms with E-state index in [1.807, 2.05) is 24.3 Å². The highest BCUT2D eigenvalue weighted by molar-refractivity contribution is 7.91. The number of nitrogens with zero attached hydrogens (tertiary/aromatic N) is 1. The van der Waals surface area contributed by atoms with Crippen LogP contribution in [0.25, 0.3) is 0 Å². The van der Waals surface area contributed by atoms with Gasteiger partial charge in [-0.1, -0.05) is 12.1 Å². The molecule has 3 rings (SSSR count). The zero-order chi connectivity index (χ0) is 15.7. The summed E-state index contributed by atoms with van der Waals surface area (Å²) in [5.41, 5.74) is 0. The number of benzene rings is 1. The summed E-state index contributed by atoms with van der Waals surface area (Å²) >= 11 is 0. The third-order valence-electron chi connectivity index (χ3n) is 4.10. The van der Waals surface area contributed by atoms with E-state index in [1.54, 1.807) is 12.0 Å². The minimum Gasteiger partial charge on any atom is -0.493 e. The van der Waals surface area contributed by atoms with Gasteiger partial charge in [0.1, 0.15) is 6.10 Å². The van der Waals surface area contributed by atoms with Crippen molar-refractivity contribution >= 4 is 15.7 Å². The van der Waals surface area contributed by atoms with Gasteiger partial charge in [0.15, 0.2) is 21.3 Å². The van der Waals surface area contributed by atoms with Crippen LogP contribution in [0, 0.1) is 5.92 Å². The Balaban J connectivity index is 1.53. The fourth-order valence-corrected chi connectivity index (χ4v) is 4.57. The lowest BCUT2D eigenvalue weighted by Gasteiger charge is -2.40. The van der Waals surface area contributed by atoms with Crippen molar-refractivity contribution in [2.45, 2.75) is 12.5 Å². The molecule has 1 atom stereocenters. The predicted molar refractivity (Wildman–Crippen MR) is 80.8 cm³/mol. The van der Waals surface area contributed by atoms with E-state index in [1.165, 1.54) is 0 Å². The number of ether oxygens (including phenoxy) is 2. The van der Waals surface area contributed by atoms with Crippen LogP contribution in [0.3, 0.4) is 0 Å². The lowest BCUT2D eigenvalue weighted by molar-refractivity contribution is -0.143. The molecule has 1 amide bonds. The molecule has 7 heteroatoms. The van der Waals surface area contributed by atoms with Crippen molar-refractivity contribution in [2.75, 3.05) is 31.7 Å². The van der Waals surface area contributed by atoms with Crippen molar-refractivity contribution in [3.8, 4) is 11.5 Å². The minimum absolute atomic E-state index is 0.0135. The lowest BCUT2D eigenvalue weighted by atomic mass is 10.0. The lowest BCUT2D eigenvalue weighted by Crippen LogP contribution is -2.57. The van der Waals surface area contributed by atoms with Gasteiger partial charge in [0.2, 0.25) is 5.91 Å². The average Bonchev–Trinajstić information content (AvgIpc) is 2.82. The normalized spacial score (nSPS) is 23.9. The number of para-hydroxylation sites is 2. The molecule has 0 unspecified atom stereocenters. The molecular weight excluding hydrogens is 306 g/mol. The fraction of sp³-hybridized carbons (Fsp3) is 0.533. The SMILES string of the molecule is COc1ccccc1OC1CN(C(=O)[C@@H]2CCS(=O)(=O)C2)C1. The molecule has 1 aromatic rings. The maximum Gasteiger partial charge on any atom is 0.227 e. The van der Waals surface area contributed by atoms with Gasteiger partial charge < -0.3 is 14.4 Å². The summed E-state index contributed by atoms with van der Waals surface area (Å²) < 4.78 is 33.9. The Morgan fingerprint density at radius 1 is 1.23 bits per heavy atom. The van der Waals surface area contributed by atoms with Gasteiger partial charge in [-0.05, 0) is 18.6 Å². The van der Waals surface area contributed by atoms with Crippen molar-refractivity contribution in [1.29, 1.82) is 0 Å². The number of methoxy groups -OCH3 is 1. The van der Waals surface area contributed by atoms with Crippen LogP contribution in [-0.2, 0) is 14.6 Å². The summed E-state index contributed by atoms with van der Waals surface area (Å²) in [6.45, 7) is 0.987. The highest BCUT2D eigenvalue weighted by atomic mass is 32.2. The quantitative estimate of drug-likeness (QED) is 0.815. The van der Waals surface area contributed by atoms with Gasteiger partial charge in [-0.3, -0.25) is 4.79 Å². The van der Waals surface area contributed by atoms with Gasteiger partial charge in [-0.2, -0.15) is 0 Å². The van der Waals surface area contributed by atoms with Crippen molar-refractivity contribution in [1.82, 2.24) is 4.90 Å². The summed E-state index contributed by atoms with van der Waals surface area (Å²) in [7, 11) is -1.44. The van der Waals surface area contributed by atoms with Gasteiger partial charge in [0.05, 0.1) is 37.6 Å². The van der Waals surface area contributed by atoms with Crippen molar-refractivity contribution < 1.29 is 22.7 Å². The van der Waals surface area contributed by atoms with Crippen LogP contribution in [0.4, 0.5) is 0 Å². The topological polar surface area (TPSA) is 72.9 Å². The average molecular weight is 325 g/mol. The van der Waals surface area contributed by atoms with Crippen LogP contribution < -0.4 is 9.47 Å². The van der Waals surface area contributed by atoms with E-state index in [2.05, 4.69) is 0 Å². The summed E-state index contributed by atoms with van der Waals surface area (Å²) in [4.78, 5) is 13.9. The Kier molecular flexibility index (Phi) is 3.99. The molecule has 2 aliphatic heterocycles. The molecule has 2 aliphatic rings. The number of amides is 1. The highest BCUT2D eigenvalue weighted by Crippen LogP contribution is 2.30. The fourth-order valence-electron chi connectivity index (χ4n) is 2.84. The number of likely N-dealkylation sites (tertiary alicyclic amines) is 1. The Morgan fingerprint density at radius 3 is 2.50 bits per heavy atom. The first-order valence-corrected chi connectivity index (χ1v) is 9.09. The third kappa shape index (κ3) is 3.04. The molecule has 0 bridgehead atoms. The van der Waals surface area contributed by atoms with Crippen molar-refractivity contribution in [3.05, 3.63) is 24.3 Å². The summed E-state index contributed by atoms with van der Waals surface area (Å²) in [5.74, 6) is 0.983. The predicted octanol–water partition coefficient (Wildman–Crippen LogP) is 0.720. The van der Waals surface area contributed by atoms with Crippen LogP contribution in [0.15, 0.2) is 24.3 Å². The number of sulfone groups is 1. The first-order valence-electron chi connectivity index (χ1n) is 7.27. The molecule has 2 heterocycles. The smallest absolute Gasteiger partial charge is 0.227 e. The monoisotopic (exact) mass is 325 g/mol. The van der Waals surface area contributed by atoms with Crippen LogP contribution >= 0.6 is 0 Å². The van der Waals surface area contributed by atoms with Gasteiger partial charge in [0.25, 0.3) is 0 Å². The number of rotatable bonds is 4. The second-order valence-electron chi connectivity index (χ2n) is 5.73. The summed E-state index contributed by atoms with van der Waals surface area (Å²) in [5, 5.41) is 0. The maximum atomic E-state index is 12.2. The van der Waals surface area contributed by atoms with E-state index >= 15 is 0 Å². The first kappa shape index (κ1) is 15.1. The molecule has 2 saturated heterocycles. The molecular formula is C15H19NO5S. The summed E-state index contributed by atoms with van der Waals surface area (Å²) in [6.07, 6.45) is 0.369. The van der Waals surface area contributed by atoms with E-state index in [9.17, 15) is 13.2 Å². The van der Waals surface area contributed by atoms with Crippen molar-refractivity contribution in [3.63, 3.8) is 0 Å². The molecule has 22 heavy (non-hydrogen) atoms. The zero-order valence-electron chi connectivity index (χ0n) is 12.4. The molecule has 0 aliphatic carbocycles. The Hall–Kier alpha value is -1.76. The van der Waals surface area contributed by atoms with E-state index < -0.39 is 9.84 Å². The third-order valence-corrected chi connectivity index (χ3v) is 5.87. The molecule has 6 nitrogen and oxygen atoms in total. The van der Waals surface area contributed by atoms with Crippen molar-refractivity contribution in [2.24, 2.45) is 5.92 Å². The van der Waals surface area contributed by atoms with Gasteiger partial charge >= 0.3 is 0 Å².